The summed E-state index contributed by atoms with van der Waals surface area (Å²) in [6, 6.07) is 6.33. The third-order valence-electron chi connectivity index (χ3n) is 4.32. The van der Waals surface area contributed by atoms with E-state index in [1.54, 1.807) is 6.07 Å². The second-order valence-electron chi connectivity index (χ2n) is 5.54. The number of hydrogen-bond donors (Lipinski definition) is 2. The lowest BCUT2D eigenvalue weighted by Gasteiger charge is -2.41. The second-order valence-corrected chi connectivity index (χ2v) is 5.54. The molecule has 0 radical (unpaired) electrons. The lowest BCUT2D eigenvalue weighted by atomic mass is 9.63. The van der Waals surface area contributed by atoms with Crippen LogP contribution in [0.2, 0.25) is 0 Å². The van der Waals surface area contributed by atoms with E-state index in [-0.39, 0.29) is 24.4 Å². The van der Waals surface area contributed by atoms with Gasteiger partial charge < -0.3 is 10.4 Å². The molecule has 20 heavy (non-hydrogen) atoms. The maximum Gasteiger partial charge on any atom is 0.230 e. The second kappa shape index (κ2) is 6.35. The molecule has 2 rings (SSSR count). The van der Waals surface area contributed by atoms with Gasteiger partial charge in [0, 0.05) is 12.6 Å². The van der Waals surface area contributed by atoms with Crippen LogP contribution < -0.4 is 5.32 Å². The number of carbonyl (C=O) groups is 1. The average Bonchev–Trinajstić information content (AvgIpc) is 2.37. The Labute approximate surface area is 119 Å². The summed E-state index contributed by atoms with van der Waals surface area (Å²) in [6.45, 7) is 2.04. The van der Waals surface area contributed by atoms with E-state index in [2.05, 4.69) is 5.32 Å². The van der Waals surface area contributed by atoms with E-state index in [4.69, 9.17) is 5.11 Å². The number of aliphatic hydroxyl groups is 1. The van der Waals surface area contributed by atoms with Crippen LogP contribution in [0.25, 0.3) is 0 Å². The van der Waals surface area contributed by atoms with Gasteiger partial charge in [0.1, 0.15) is 5.82 Å². The molecule has 0 aliphatic heterocycles. The molecule has 0 spiro atoms. The number of hydrogen-bond acceptors (Lipinski definition) is 2. The molecule has 1 amide bonds. The van der Waals surface area contributed by atoms with Crippen LogP contribution >= 0.6 is 0 Å². The Hall–Kier alpha value is -1.42. The maximum atomic E-state index is 13.4. The molecule has 0 saturated heterocycles. The van der Waals surface area contributed by atoms with Gasteiger partial charge in [-0.3, -0.25) is 4.79 Å². The molecule has 1 atom stereocenters. The summed E-state index contributed by atoms with van der Waals surface area (Å²) >= 11 is 0. The lowest BCUT2D eigenvalue weighted by molar-refractivity contribution is -0.130. The first-order valence-electron chi connectivity index (χ1n) is 7.30. The van der Waals surface area contributed by atoms with Gasteiger partial charge in [0.25, 0.3) is 0 Å². The van der Waals surface area contributed by atoms with Gasteiger partial charge in [-0.1, -0.05) is 25.5 Å². The van der Waals surface area contributed by atoms with Gasteiger partial charge in [0.05, 0.1) is 5.41 Å². The van der Waals surface area contributed by atoms with Crippen LogP contribution in [0, 0.1) is 5.82 Å². The number of rotatable bonds is 6. The van der Waals surface area contributed by atoms with Crippen molar-refractivity contribution in [1.82, 2.24) is 5.32 Å². The summed E-state index contributed by atoms with van der Waals surface area (Å²) in [5.41, 5.74) is 0.186. The Balaban J connectivity index is 2.16. The first-order valence-corrected chi connectivity index (χ1v) is 7.30. The number of carbonyl (C=O) groups excluding carboxylic acids is 1. The molecule has 2 N–H and O–H groups in total. The average molecular weight is 279 g/mol. The summed E-state index contributed by atoms with van der Waals surface area (Å²) < 4.78 is 13.4. The Bertz CT molecular complexity index is 471. The molecule has 0 aromatic heterocycles. The molecule has 1 aliphatic carbocycles. The largest absolute Gasteiger partial charge is 0.396 e. The normalized spacial score (nSPS) is 18.1. The minimum absolute atomic E-state index is 0.0152. The van der Waals surface area contributed by atoms with E-state index in [0.29, 0.717) is 6.42 Å². The van der Waals surface area contributed by atoms with Crippen LogP contribution in [-0.2, 0) is 10.2 Å². The predicted molar refractivity (Wildman–Crippen MR) is 75.9 cm³/mol. The van der Waals surface area contributed by atoms with Crippen LogP contribution in [-0.4, -0.2) is 23.7 Å². The predicted octanol–water partition coefficient (Wildman–Crippen LogP) is 2.52. The first kappa shape index (κ1) is 15.0. The van der Waals surface area contributed by atoms with Crippen LogP contribution in [0.5, 0.6) is 0 Å². The number of amides is 1. The van der Waals surface area contributed by atoms with Crippen LogP contribution in [0.15, 0.2) is 24.3 Å². The van der Waals surface area contributed by atoms with Gasteiger partial charge in [-0.05, 0) is 43.4 Å². The van der Waals surface area contributed by atoms with Crippen molar-refractivity contribution in [3.63, 3.8) is 0 Å². The SMILES string of the molecule is CCC(CCO)NC(=O)C1(c2cccc(F)c2)CCC1. The first-order chi connectivity index (χ1) is 9.62. The zero-order chi connectivity index (χ0) is 14.6. The third kappa shape index (κ3) is 2.85. The highest BCUT2D eigenvalue weighted by molar-refractivity contribution is 5.89. The van der Waals surface area contributed by atoms with Crippen molar-refractivity contribution in [1.29, 1.82) is 0 Å². The van der Waals surface area contributed by atoms with Gasteiger partial charge in [-0.25, -0.2) is 4.39 Å². The molecule has 4 heteroatoms. The zero-order valence-corrected chi connectivity index (χ0v) is 11.9. The summed E-state index contributed by atoms with van der Waals surface area (Å²) in [4.78, 5) is 12.6. The van der Waals surface area contributed by atoms with Gasteiger partial charge in [-0.15, -0.1) is 0 Å². The summed E-state index contributed by atoms with van der Waals surface area (Å²) in [5, 5.41) is 12.0. The van der Waals surface area contributed by atoms with E-state index in [0.717, 1.165) is 31.2 Å². The van der Waals surface area contributed by atoms with Crippen molar-refractivity contribution < 1.29 is 14.3 Å². The van der Waals surface area contributed by atoms with Gasteiger partial charge >= 0.3 is 0 Å². The molecule has 0 heterocycles. The fourth-order valence-electron chi connectivity index (χ4n) is 2.82. The van der Waals surface area contributed by atoms with Crippen molar-refractivity contribution in [3.8, 4) is 0 Å². The van der Waals surface area contributed by atoms with Gasteiger partial charge in [-0.2, -0.15) is 0 Å². The monoisotopic (exact) mass is 279 g/mol. The zero-order valence-electron chi connectivity index (χ0n) is 11.9. The topological polar surface area (TPSA) is 49.3 Å². The molecule has 1 aromatic carbocycles. The van der Waals surface area contributed by atoms with Crippen LogP contribution in [0.3, 0.4) is 0 Å². The van der Waals surface area contributed by atoms with E-state index in [1.165, 1.54) is 12.1 Å². The minimum atomic E-state index is -0.578. The lowest BCUT2D eigenvalue weighted by Crippen LogP contribution is -2.52. The minimum Gasteiger partial charge on any atom is -0.396 e. The molecule has 3 nitrogen and oxygen atoms in total. The van der Waals surface area contributed by atoms with E-state index in [9.17, 15) is 9.18 Å². The summed E-state index contributed by atoms with van der Waals surface area (Å²) in [5.74, 6) is -0.335. The quantitative estimate of drug-likeness (QED) is 0.840. The number of aliphatic hydroxyl groups excluding tert-OH is 1. The molecule has 0 bridgehead atoms. The van der Waals surface area contributed by atoms with Gasteiger partial charge in [0.15, 0.2) is 0 Å². The highest BCUT2D eigenvalue weighted by atomic mass is 19.1. The fourth-order valence-corrected chi connectivity index (χ4v) is 2.82. The summed E-state index contributed by atoms with van der Waals surface area (Å²) in [6.07, 6.45) is 3.85. The number of nitrogens with one attached hydrogen (secondary N) is 1. The van der Waals surface area contributed by atoms with Gasteiger partial charge in [0.2, 0.25) is 5.91 Å². The van der Waals surface area contributed by atoms with E-state index < -0.39 is 5.41 Å². The summed E-state index contributed by atoms with van der Waals surface area (Å²) in [7, 11) is 0. The Morgan fingerprint density at radius 3 is 2.75 bits per heavy atom. The number of halogens is 1. The van der Waals surface area contributed by atoms with Crippen LogP contribution in [0.1, 0.15) is 44.6 Å². The van der Waals surface area contributed by atoms with Crippen molar-refractivity contribution in [2.45, 2.75) is 50.5 Å². The standard InChI is InChI=1S/C16H22FNO2/c1-2-14(7-10-19)18-15(20)16(8-4-9-16)12-5-3-6-13(17)11-12/h3,5-6,11,14,19H,2,4,7-10H2,1H3,(H,18,20). The smallest absolute Gasteiger partial charge is 0.230 e. The molecule has 1 fully saturated rings. The fraction of sp³-hybridized carbons (Fsp3) is 0.562. The molecule has 1 aliphatic rings. The van der Waals surface area contributed by atoms with Crippen molar-refractivity contribution in [3.05, 3.63) is 35.6 Å². The van der Waals surface area contributed by atoms with Crippen molar-refractivity contribution >= 4 is 5.91 Å². The van der Waals surface area contributed by atoms with E-state index >= 15 is 0 Å². The highest BCUT2D eigenvalue weighted by Gasteiger charge is 2.46. The van der Waals surface area contributed by atoms with Crippen molar-refractivity contribution in [2.75, 3.05) is 6.61 Å². The van der Waals surface area contributed by atoms with E-state index in [1.807, 2.05) is 13.0 Å². The molecule has 110 valence electrons. The Morgan fingerprint density at radius 2 is 2.25 bits per heavy atom. The maximum absolute atomic E-state index is 13.4. The third-order valence-corrected chi connectivity index (χ3v) is 4.32. The molecule has 1 aromatic rings. The Morgan fingerprint density at radius 1 is 1.50 bits per heavy atom. The molecular weight excluding hydrogens is 257 g/mol. The highest BCUT2D eigenvalue weighted by Crippen LogP contribution is 2.44. The number of benzene rings is 1. The van der Waals surface area contributed by atoms with Crippen LogP contribution in [0.4, 0.5) is 4.39 Å². The Kier molecular flexibility index (Phi) is 4.76. The molecule has 1 unspecified atom stereocenters. The molecule has 1 saturated carbocycles. The van der Waals surface area contributed by atoms with Crippen molar-refractivity contribution in [2.24, 2.45) is 0 Å². The molecular formula is C16H22FNO2.